The van der Waals surface area contributed by atoms with Crippen LogP contribution in [0.15, 0.2) is 4.52 Å². The van der Waals surface area contributed by atoms with Crippen LogP contribution in [0.2, 0.25) is 0 Å². The van der Waals surface area contributed by atoms with Gasteiger partial charge in [-0.1, -0.05) is 5.16 Å². The Morgan fingerprint density at radius 3 is 2.90 bits per heavy atom. The second kappa shape index (κ2) is 2.11. The van der Waals surface area contributed by atoms with Crippen LogP contribution < -0.4 is 0 Å². The van der Waals surface area contributed by atoms with E-state index in [0.29, 0.717) is 0 Å². The van der Waals surface area contributed by atoms with Gasteiger partial charge in [0.05, 0.1) is 5.69 Å². The van der Waals surface area contributed by atoms with Gasteiger partial charge in [-0.15, -0.1) is 0 Å². The van der Waals surface area contributed by atoms with Gasteiger partial charge in [0.25, 0.3) is 0 Å². The van der Waals surface area contributed by atoms with Crippen molar-refractivity contribution in [2.75, 3.05) is 0 Å². The van der Waals surface area contributed by atoms with Crippen LogP contribution in [-0.4, -0.2) is 5.16 Å². The summed E-state index contributed by atoms with van der Waals surface area (Å²) in [5.41, 5.74) is 2.10. The molecule has 1 aromatic heterocycles. The lowest BCUT2D eigenvalue weighted by molar-refractivity contribution is 0.371. The molecular weight excluding hydrogens is 126 g/mol. The molecule has 2 nitrogen and oxygen atoms in total. The van der Waals surface area contributed by atoms with Crippen molar-refractivity contribution in [1.29, 1.82) is 0 Å². The summed E-state index contributed by atoms with van der Waals surface area (Å²) in [4.78, 5) is 0. The van der Waals surface area contributed by atoms with E-state index in [2.05, 4.69) is 12.1 Å². The van der Waals surface area contributed by atoms with Crippen molar-refractivity contribution in [3.63, 3.8) is 0 Å². The van der Waals surface area contributed by atoms with E-state index in [9.17, 15) is 0 Å². The Balaban J connectivity index is 2.45. The number of aryl methyl sites for hydroxylation is 1. The van der Waals surface area contributed by atoms with Crippen molar-refractivity contribution in [3.05, 3.63) is 23.9 Å². The Labute approximate surface area is 60.2 Å². The Morgan fingerprint density at radius 1 is 1.30 bits per heavy atom. The van der Waals surface area contributed by atoms with Crippen molar-refractivity contribution >= 4 is 0 Å². The molecular formula is C8H10NO. The molecule has 0 amide bonds. The summed E-state index contributed by atoms with van der Waals surface area (Å²) < 4.78 is 5.07. The second-order valence-corrected chi connectivity index (χ2v) is 2.74. The number of hydrogen-bond acceptors (Lipinski definition) is 2. The van der Waals surface area contributed by atoms with Crippen LogP contribution in [0.4, 0.5) is 0 Å². The van der Waals surface area contributed by atoms with Crippen LogP contribution >= 0.6 is 0 Å². The Hall–Kier alpha value is -0.790. The zero-order valence-corrected chi connectivity index (χ0v) is 5.89. The number of fused-ring (bicyclic) bond motifs is 1. The standard InChI is InChI=1S/C8H10NO/c1-6-7-4-2-3-5-8(7)10-9-6/h1-5H2. The van der Waals surface area contributed by atoms with Gasteiger partial charge in [0, 0.05) is 12.0 Å². The van der Waals surface area contributed by atoms with Crippen molar-refractivity contribution < 1.29 is 4.52 Å². The fourth-order valence-electron chi connectivity index (χ4n) is 1.45. The average Bonchev–Trinajstić information content (AvgIpc) is 2.34. The molecule has 0 saturated carbocycles. The van der Waals surface area contributed by atoms with Crippen molar-refractivity contribution in [2.45, 2.75) is 25.7 Å². The molecule has 1 radical (unpaired) electrons. The number of nitrogens with zero attached hydrogens (tertiary/aromatic N) is 1. The zero-order chi connectivity index (χ0) is 6.97. The van der Waals surface area contributed by atoms with E-state index in [-0.39, 0.29) is 0 Å². The van der Waals surface area contributed by atoms with Crippen LogP contribution in [0.3, 0.4) is 0 Å². The van der Waals surface area contributed by atoms with E-state index in [0.717, 1.165) is 24.3 Å². The summed E-state index contributed by atoms with van der Waals surface area (Å²) in [6.07, 6.45) is 4.66. The molecule has 1 aromatic rings. The monoisotopic (exact) mass is 136 g/mol. The van der Waals surface area contributed by atoms with Crippen LogP contribution in [0.5, 0.6) is 0 Å². The lowest BCUT2D eigenvalue weighted by Crippen LogP contribution is -1.99. The highest BCUT2D eigenvalue weighted by Crippen LogP contribution is 2.22. The van der Waals surface area contributed by atoms with Crippen LogP contribution in [0.25, 0.3) is 0 Å². The summed E-state index contributed by atoms with van der Waals surface area (Å²) in [5, 5.41) is 3.81. The van der Waals surface area contributed by atoms with Gasteiger partial charge in [-0.25, -0.2) is 0 Å². The SMILES string of the molecule is [CH2]c1noc2c1CCCC2. The van der Waals surface area contributed by atoms with Gasteiger partial charge in [0.15, 0.2) is 0 Å². The third-order valence-electron chi connectivity index (χ3n) is 2.03. The molecule has 1 aliphatic rings. The smallest absolute Gasteiger partial charge is 0.140 e. The second-order valence-electron chi connectivity index (χ2n) is 2.74. The molecule has 0 N–H and O–H groups in total. The first kappa shape index (κ1) is 5.96. The molecule has 1 aliphatic carbocycles. The molecule has 0 atom stereocenters. The highest BCUT2D eigenvalue weighted by atomic mass is 16.5. The lowest BCUT2D eigenvalue weighted by atomic mass is 9.97. The average molecular weight is 136 g/mol. The quantitative estimate of drug-likeness (QED) is 0.543. The largest absolute Gasteiger partial charge is 0.361 e. The third kappa shape index (κ3) is 0.753. The number of aromatic nitrogens is 1. The van der Waals surface area contributed by atoms with Gasteiger partial charge in [-0.05, 0) is 26.2 Å². The summed E-state index contributed by atoms with van der Waals surface area (Å²) in [7, 11) is 0. The predicted molar refractivity (Wildman–Crippen MR) is 37.6 cm³/mol. The molecule has 0 spiro atoms. The maximum Gasteiger partial charge on any atom is 0.140 e. The van der Waals surface area contributed by atoms with Crippen molar-refractivity contribution in [2.24, 2.45) is 0 Å². The lowest BCUT2D eigenvalue weighted by Gasteiger charge is -2.06. The van der Waals surface area contributed by atoms with Crippen molar-refractivity contribution in [3.8, 4) is 0 Å². The van der Waals surface area contributed by atoms with Gasteiger partial charge in [0.1, 0.15) is 5.76 Å². The maximum absolute atomic E-state index is 5.07. The minimum atomic E-state index is 0.842. The maximum atomic E-state index is 5.07. The normalized spacial score (nSPS) is 16.9. The molecule has 1 heterocycles. The fraction of sp³-hybridized carbons (Fsp3) is 0.500. The molecule has 0 unspecified atom stereocenters. The minimum Gasteiger partial charge on any atom is -0.361 e. The van der Waals surface area contributed by atoms with E-state index in [1.807, 2.05) is 0 Å². The minimum absolute atomic E-state index is 0.842. The molecule has 53 valence electrons. The van der Waals surface area contributed by atoms with E-state index in [1.54, 1.807) is 0 Å². The number of hydrogen-bond donors (Lipinski definition) is 0. The highest BCUT2D eigenvalue weighted by Gasteiger charge is 2.15. The molecule has 0 fully saturated rings. The first-order chi connectivity index (χ1) is 4.88. The van der Waals surface area contributed by atoms with Gasteiger partial charge < -0.3 is 4.52 Å². The summed E-state index contributed by atoms with van der Waals surface area (Å²) in [6.45, 7) is 3.79. The van der Waals surface area contributed by atoms with Crippen LogP contribution in [0.1, 0.15) is 29.9 Å². The van der Waals surface area contributed by atoms with E-state index in [1.165, 1.54) is 18.4 Å². The first-order valence-electron chi connectivity index (χ1n) is 3.67. The van der Waals surface area contributed by atoms with Gasteiger partial charge in [-0.3, -0.25) is 0 Å². The topological polar surface area (TPSA) is 26.0 Å². The first-order valence-corrected chi connectivity index (χ1v) is 3.67. The van der Waals surface area contributed by atoms with E-state index in [4.69, 9.17) is 4.52 Å². The Bertz CT molecular complexity index is 239. The van der Waals surface area contributed by atoms with Gasteiger partial charge in [0.2, 0.25) is 0 Å². The van der Waals surface area contributed by atoms with Gasteiger partial charge >= 0.3 is 0 Å². The molecule has 2 heteroatoms. The molecule has 0 bridgehead atoms. The Morgan fingerprint density at radius 2 is 2.10 bits per heavy atom. The molecule has 0 saturated heterocycles. The fourth-order valence-corrected chi connectivity index (χ4v) is 1.45. The molecule has 10 heavy (non-hydrogen) atoms. The molecule has 2 rings (SSSR count). The third-order valence-corrected chi connectivity index (χ3v) is 2.03. The number of rotatable bonds is 0. The molecule has 0 aromatic carbocycles. The summed E-state index contributed by atoms with van der Waals surface area (Å²) in [5.74, 6) is 1.07. The summed E-state index contributed by atoms with van der Waals surface area (Å²) in [6, 6.07) is 0. The van der Waals surface area contributed by atoms with Crippen LogP contribution in [-0.2, 0) is 12.8 Å². The van der Waals surface area contributed by atoms with Crippen molar-refractivity contribution in [1.82, 2.24) is 5.16 Å². The zero-order valence-electron chi connectivity index (χ0n) is 5.89. The van der Waals surface area contributed by atoms with Gasteiger partial charge in [-0.2, -0.15) is 0 Å². The highest BCUT2D eigenvalue weighted by molar-refractivity contribution is 5.26. The van der Waals surface area contributed by atoms with E-state index >= 15 is 0 Å². The predicted octanol–water partition coefficient (Wildman–Crippen LogP) is 1.74. The van der Waals surface area contributed by atoms with Crippen LogP contribution in [0, 0.1) is 6.92 Å². The van der Waals surface area contributed by atoms with E-state index < -0.39 is 0 Å². The molecule has 0 aliphatic heterocycles. The Kier molecular flexibility index (Phi) is 1.26. The summed E-state index contributed by atoms with van der Waals surface area (Å²) >= 11 is 0.